The van der Waals surface area contributed by atoms with Gasteiger partial charge in [-0.2, -0.15) is 0 Å². The monoisotopic (exact) mass is 381 g/mol. The van der Waals surface area contributed by atoms with Gasteiger partial charge in [0.1, 0.15) is 0 Å². The van der Waals surface area contributed by atoms with Crippen LogP contribution < -0.4 is 0 Å². The fourth-order valence-corrected chi connectivity index (χ4v) is 3.63. The van der Waals surface area contributed by atoms with Crippen LogP contribution in [0, 0.1) is 0 Å². The van der Waals surface area contributed by atoms with Crippen molar-refractivity contribution in [2.24, 2.45) is 0 Å². The van der Waals surface area contributed by atoms with Crippen LogP contribution in [0.2, 0.25) is 5.02 Å². The van der Waals surface area contributed by atoms with Gasteiger partial charge in [0.05, 0.1) is 12.7 Å². The number of halogens is 1. The van der Waals surface area contributed by atoms with Gasteiger partial charge in [-0.1, -0.05) is 54.1 Å². The Morgan fingerprint density at radius 2 is 1.56 bits per heavy atom. The fourth-order valence-electron chi connectivity index (χ4n) is 3.50. The van der Waals surface area contributed by atoms with E-state index in [4.69, 9.17) is 16.0 Å². The van der Waals surface area contributed by atoms with Gasteiger partial charge in [0, 0.05) is 30.2 Å². The molecule has 3 aromatic rings. The average molecular weight is 382 g/mol. The highest BCUT2D eigenvalue weighted by molar-refractivity contribution is 6.30. The van der Waals surface area contributed by atoms with E-state index in [1.54, 1.807) is 0 Å². The molecule has 27 heavy (non-hydrogen) atoms. The van der Waals surface area contributed by atoms with Gasteiger partial charge in [-0.05, 0) is 37.2 Å². The molecule has 0 N–H and O–H groups in total. The second kappa shape index (κ2) is 8.70. The summed E-state index contributed by atoms with van der Waals surface area (Å²) in [6.07, 6.45) is 2.98. The first kappa shape index (κ1) is 18.2. The summed E-state index contributed by atoms with van der Waals surface area (Å²) in [5.41, 5.74) is 2.38. The number of aromatic nitrogens is 1. The van der Waals surface area contributed by atoms with Gasteiger partial charge in [0.25, 0.3) is 0 Å². The quantitative estimate of drug-likeness (QED) is 0.641. The van der Waals surface area contributed by atoms with Crippen LogP contribution >= 0.6 is 11.6 Å². The molecule has 0 spiro atoms. The van der Waals surface area contributed by atoms with Crippen molar-refractivity contribution in [3.63, 3.8) is 0 Å². The van der Waals surface area contributed by atoms with Gasteiger partial charge < -0.3 is 4.42 Å². The molecule has 0 atom stereocenters. The van der Waals surface area contributed by atoms with Crippen LogP contribution in [-0.4, -0.2) is 41.0 Å². The number of hydrogen-bond donors (Lipinski definition) is 0. The Morgan fingerprint density at radius 1 is 0.852 bits per heavy atom. The van der Waals surface area contributed by atoms with Gasteiger partial charge in [-0.3, -0.25) is 9.80 Å². The molecule has 0 amide bonds. The molecular formula is C22H24ClN3O. The van der Waals surface area contributed by atoms with E-state index in [9.17, 15) is 0 Å². The van der Waals surface area contributed by atoms with E-state index in [0.717, 1.165) is 67.9 Å². The van der Waals surface area contributed by atoms with Crippen molar-refractivity contribution in [2.45, 2.75) is 19.5 Å². The van der Waals surface area contributed by atoms with Crippen molar-refractivity contribution in [1.82, 2.24) is 14.8 Å². The molecule has 4 nitrogen and oxygen atoms in total. The zero-order chi connectivity index (χ0) is 18.5. The first-order chi connectivity index (χ1) is 13.3. The molecule has 4 rings (SSSR count). The van der Waals surface area contributed by atoms with E-state index in [2.05, 4.69) is 26.9 Å². The lowest BCUT2D eigenvalue weighted by molar-refractivity contribution is 0.232. The molecule has 1 aliphatic heterocycles. The minimum absolute atomic E-state index is 0.765. The summed E-state index contributed by atoms with van der Waals surface area (Å²) in [7, 11) is 0. The van der Waals surface area contributed by atoms with E-state index >= 15 is 0 Å². The van der Waals surface area contributed by atoms with Gasteiger partial charge in [-0.15, -0.1) is 0 Å². The van der Waals surface area contributed by atoms with E-state index in [1.807, 2.05) is 48.7 Å². The minimum Gasteiger partial charge on any atom is -0.439 e. The summed E-state index contributed by atoms with van der Waals surface area (Å²) < 4.78 is 5.97. The zero-order valence-electron chi connectivity index (χ0n) is 15.4. The molecule has 5 heteroatoms. The summed E-state index contributed by atoms with van der Waals surface area (Å²) in [6.45, 7) is 6.00. The third kappa shape index (κ3) is 4.98. The minimum atomic E-state index is 0.765. The SMILES string of the molecule is Clc1ccc(CN2CCCN(Cc3ncc(-c4ccccc4)o3)CC2)cc1. The van der Waals surface area contributed by atoms with Crippen LogP contribution in [0.15, 0.2) is 65.2 Å². The lowest BCUT2D eigenvalue weighted by Gasteiger charge is -2.21. The van der Waals surface area contributed by atoms with Crippen LogP contribution in [0.25, 0.3) is 11.3 Å². The lowest BCUT2D eigenvalue weighted by Crippen LogP contribution is -2.30. The van der Waals surface area contributed by atoms with Gasteiger partial charge in [0.15, 0.2) is 5.76 Å². The second-order valence-electron chi connectivity index (χ2n) is 7.02. The maximum atomic E-state index is 5.98. The maximum Gasteiger partial charge on any atom is 0.209 e. The molecule has 0 bridgehead atoms. The summed E-state index contributed by atoms with van der Waals surface area (Å²) >= 11 is 5.98. The Balaban J connectivity index is 1.32. The van der Waals surface area contributed by atoms with Gasteiger partial charge >= 0.3 is 0 Å². The van der Waals surface area contributed by atoms with Crippen molar-refractivity contribution >= 4 is 11.6 Å². The van der Waals surface area contributed by atoms with E-state index < -0.39 is 0 Å². The molecule has 1 aliphatic rings. The van der Waals surface area contributed by atoms with E-state index in [0.29, 0.717) is 0 Å². The number of benzene rings is 2. The Hall–Kier alpha value is -2.14. The molecule has 0 unspecified atom stereocenters. The molecule has 1 aromatic heterocycles. The number of hydrogen-bond acceptors (Lipinski definition) is 4. The predicted molar refractivity (Wildman–Crippen MR) is 109 cm³/mol. The molecule has 140 valence electrons. The van der Waals surface area contributed by atoms with Crippen molar-refractivity contribution in [1.29, 1.82) is 0 Å². The van der Waals surface area contributed by atoms with Crippen LogP contribution in [0.3, 0.4) is 0 Å². The van der Waals surface area contributed by atoms with Crippen molar-refractivity contribution in [3.8, 4) is 11.3 Å². The van der Waals surface area contributed by atoms with Crippen LogP contribution in [-0.2, 0) is 13.1 Å². The molecule has 0 saturated carbocycles. The highest BCUT2D eigenvalue weighted by atomic mass is 35.5. The van der Waals surface area contributed by atoms with Crippen LogP contribution in [0.5, 0.6) is 0 Å². The predicted octanol–water partition coefficient (Wildman–Crippen LogP) is 4.70. The van der Waals surface area contributed by atoms with E-state index in [-0.39, 0.29) is 0 Å². The Labute approximate surface area is 165 Å². The largest absolute Gasteiger partial charge is 0.439 e. The Morgan fingerprint density at radius 3 is 2.30 bits per heavy atom. The maximum absolute atomic E-state index is 5.98. The first-order valence-corrected chi connectivity index (χ1v) is 9.83. The average Bonchev–Trinajstić information content (AvgIpc) is 3.05. The smallest absolute Gasteiger partial charge is 0.209 e. The third-order valence-corrected chi connectivity index (χ3v) is 5.22. The molecule has 0 radical (unpaired) electrons. The second-order valence-corrected chi connectivity index (χ2v) is 7.45. The standard InChI is InChI=1S/C22H24ClN3O/c23-20-9-7-18(8-10-20)16-25-11-4-12-26(14-13-25)17-22-24-15-21(27-22)19-5-2-1-3-6-19/h1-3,5-10,15H,4,11-14,16-17H2. The summed E-state index contributed by atoms with van der Waals surface area (Å²) in [5, 5.41) is 0.793. The molecule has 1 saturated heterocycles. The van der Waals surface area contributed by atoms with Crippen molar-refractivity contribution in [2.75, 3.05) is 26.2 Å². The van der Waals surface area contributed by atoms with Gasteiger partial charge in [0.2, 0.25) is 5.89 Å². The van der Waals surface area contributed by atoms with E-state index in [1.165, 1.54) is 5.56 Å². The Kier molecular flexibility index (Phi) is 5.87. The summed E-state index contributed by atoms with van der Waals surface area (Å²) in [4.78, 5) is 9.42. The number of nitrogens with zero attached hydrogens (tertiary/aromatic N) is 3. The Bertz CT molecular complexity index is 848. The van der Waals surface area contributed by atoms with Crippen molar-refractivity contribution < 1.29 is 4.42 Å². The zero-order valence-corrected chi connectivity index (χ0v) is 16.1. The fraction of sp³-hybridized carbons (Fsp3) is 0.318. The summed E-state index contributed by atoms with van der Waals surface area (Å²) in [6, 6.07) is 18.3. The molecule has 2 heterocycles. The summed E-state index contributed by atoms with van der Waals surface area (Å²) in [5.74, 6) is 1.63. The lowest BCUT2D eigenvalue weighted by atomic mass is 10.2. The van der Waals surface area contributed by atoms with Crippen LogP contribution in [0.4, 0.5) is 0 Å². The first-order valence-electron chi connectivity index (χ1n) is 9.45. The molecule has 0 aliphatic carbocycles. The molecular weight excluding hydrogens is 358 g/mol. The number of oxazole rings is 1. The van der Waals surface area contributed by atoms with Crippen LogP contribution in [0.1, 0.15) is 17.9 Å². The highest BCUT2D eigenvalue weighted by Crippen LogP contribution is 2.21. The third-order valence-electron chi connectivity index (χ3n) is 4.97. The van der Waals surface area contributed by atoms with Crippen molar-refractivity contribution in [3.05, 3.63) is 77.3 Å². The molecule has 1 fully saturated rings. The molecule has 2 aromatic carbocycles. The highest BCUT2D eigenvalue weighted by Gasteiger charge is 2.17. The van der Waals surface area contributed by atoms with Gasteiger partial charge in [-0.25, -0.2) is 4.98 Å². The normalized spacial score (nSPS) is 16.3. The topological polar surface area (TPSA) is 32.5 Å². The number of rotatable bonds is 5.